The molecule has 1 saturated carbocycles. The van der Waals surface area contributed by atoms with E-state index in [1.807, 2.05) is 0 Å². The van der Waals surface area contributed by atoms with Gasteiger partial charge in [0.1, 0.15) is 24.0 Å². The fourth-order valence-corrected chi connectivity index (χ4v) is 6.48. The van der Waals surface area contributed by atoms with Gasteiger partial charge in [0, 0.05) is 14.1 Å². The second-order valence-corrected chi connectivity index (χ2v) is 11.6. The molecule has 2 aromatic heterocycles. The molecule has 0 amide bonds. The van der Waals surface area contributed by atoms with Crippen LogP contribution in [0.3, 0.4) is 0 Å². The van der Waals surface area contributed by atoms with E-state index in [1.165, 1.54) is 30.0 Å². The molecule has 0 spiro atoms. The lowest BCUT2D eigenvalue weighted by Crippen LogP contribution is -2.45. The monoisotopic (exact) mass is 579 g/mol. The number of para-hydroxylation sites is 1. The number of carbonyl (C=O) groups is 1. The normalized spacial score (nSPS) is 29.4. The third kappa shape index (κ3) is 4.57. The summed E-state index contributed by atoms with van der Waals surface area (Å²) in [6.45, 7) is 4.28. The van der Waals surface area contributed by atoms with Crippen LogP contribution in [0, 0.1) is 0 Å². The molecule has 1 aromatic carbocycles. The van der Waals surface area contributed by atoms with Crippen LogP contribution in [0.4, 0.5) is 16.2 Å². The van der Waals surface area contributed by atoms with Crippen LogP contribution in [0.1, 0.15) is 27.0 Å². The zero-order chi connectivity index (χ0) is 29.0. The zero-order valence-corrected chi connectivity index (χ0v) is 23.4. The Morgan fingerprint density at radius 3 is 2.65 bits per heavy atom. The van der Waals surface area contributed by atoms with Crippen molar-refractivity contribution in [1.82, 2.24) is 24.6 Å². The van der Waals surface area contributed by atoms with Gasteiger partial charge in [0.25, 0.3) is 0 Å². The van der Waals surface area contributed by atoms with E-state index in [0.29, 0.717) is 11.3 Å². The van der Waals surface area contributed by atoms with Gasteiger partial charge in [-0.2, -0.15) is 15.1 Å². The average Bonchev–Trinajstić information content (AvgIpc) is 3.15. The maximum absolute atomic E-state index is 16.5. The summed E-state index contributed by atoms with van der Waals surface area (Å²) < 4.78 is 53.8. The van der Waals surface area contributed by atoms with Gasteiger partial charge in [0.05, 0.1) is 12.9 Å². The molecule has 40 heavy (non-hydrogen) atoms. The number of imidazole rings is 1. The predicted octanol–water partition coefficient (Wildman–Crippen LogP) is 1.96. The van der Waals surface area contributed by atoms with Crippen LogP contribution >= 0.6 is 7.75 Å². The second kappa shape index (κ2) is 9.93. The summed E-state index contributed by atoms with van der Waals surface area (Å²) in [5, 5.41) is 13.9. The molecule has 216 valence electrons. The minimum Gasteiger partial charge on any atom is -0.465 e. The number of hydrogen-bond acceptors (Lipinski definition) is 12. The molecule has 7 atom stereocenters. The standard InChI is InChI=1S/C24H31FN7O7P/c1-6-36-20(33)13(2)30-40(35,38-14-10-8-7-9-11-14)39-17-16-24(17,34)23(3,25)21(37-16)32-12-27-15-18(31(4)5)28-22(26)29-19(15)32/h7-13,16-17,21,34H,6H2,1-5H3,(H,30,35)(H2,26,28,29)/t13-,16+,17?,21+,23-,24-,40-/m0/s1. The van der Waals surface area contributed by atoms with Gasteiger partial charge in [-0.05, 0) is 32.9 Å². The van der Waals surface area contributed by atoms with E-state index in [0.717, 1.165) is 6.92 Å². The molecule has 1 aliphatic carbocycles. The minimum atomic E-state index is -4.38. The van der Waals surface area contributed by atoms with E-state index in [1.54, 1.807) is 44.1 Å². The highest BCUT2D eigenvalue weighted by atomic mass is 31.2. The first-order valence-corrected chi connectivity index (χ1v) is 14.1. The van der Waals surface area contributed by atoms with Crippen LogP contribution in [0.5, 0.6) is 5.75 Å². The highest BCUT2D eigenvalue weighted by molar-refractivity contribution is 7.52. The van der Waals surface area contributed by atoms with Crippen molar-refractivity contribution in [3.05, 3.63) is 36.7 Å². The summed E-state index contributed by atoms with van der Waals surface area (Å²) in [4.78, 5) is 26.6. The summed E-state index contributed by atoms with van der Waals surface area (Å²) in [6.07, 6.45) is -2.69. The number of nitrogen functional groups attached to an aromatic ring is 1. The fourth-order valence-electron chi connectivity index (χ4n) is 4.78. The molecule has 14 nitrogen and oxygen atoms in total. The molecule has 1 unspecified atom stereocenters. The minimum absolute atomic E-state index is 0.0533. The molecule has 0 bridgehead atoms. The molecular formula is C24H31FN7O7P. The van der Waals surface area contributed by atoms with E-state index in [-0.39, 0.29) is 24.0 Å². The Kier molecular flexibility index (Phi) is 6.99. The van der Waals surface area contributed by atoms with Crippen molar-refractivity contribution in [3.63, 3.8) is 0 Å². The number of hydrogen-bond donors (Lipinski definition) is 3. The van der Waals surface area contributed by atoms with E-state index >= 15 is 4.39 Å². The van der Waals surface area contributed by atoms with E-state index in [2.05, 4.69) is 20.0 Å². The molecule has 16 heteroatoms. The Hall–Kier alpha value is -3.36. The summed E-state index contributed by atoms with van der Waals surface area (Å²) in [6, 6.07) is 6.97. The number of nitrogens with two attached hydrogens (primary N) is 1. The molecule has 1 aliphatic heterocycles. The molecule has 5 rings (SSSR count). The lowest BCUT2D eigenvalue weighted by atomic mass is 9.97. The van der Waals surface area contributed by atoms with Gasteiger partial charge in [-0.25, -0.2) is 13.9 Å². The van der Waals surface area contributed by atoms with Crippen molar-refractivity contribution < 1.29 is 37.4 Å². The molecule has 2 fully saturated rings. The largest absolute Gasteiger partial charge is 0.465 e. The third-order valence-electron chi connectivity index (χ3n) is 6.87. The number of nitrogens with zero attached hydrogens (tertiary/aromatic N) is 5. The Balaban J connectivity index is 1.42. The van der Waals surface area contributed by atoms with Crippen LogP contribution in [0.2, 0.25) is 0 Å². The summed E-state index contributed by atoms with van der Waals surface area (Å²) in [7, 11) is -0.888. The van der Waals surface area contributed by atoms with Gasteiger partial charge in [0.15, 0.2) is 34.5 Å². The number of halogens is 1. The lowest BCUT2D eigenvalue weighted by molar-refractivity contribution is -0.144. The molecule has 3 aromatic rings. The number of carbonyl (C=O) groups excluding carboxylic acids is 1. The topological polar surface area (TPSA) is 176 Å². The van der Waals surface area contributed by atoms with Crippen molar-refractivity contribution in [2.24, 2.45) is 0 Å². The fraction of sp³-hybridized carbons (Fsp3) is 0.500. The van der Waals surface area contributed by atoms with Gasteiger partial charge in [-0.1, -0.05) is 18.2 Å². The molecule has 2 aliphatic rings. The van der Waals surface area contributed by atoms with Crippen molar-refractivity contribution in [2.45, 2.75) is 56.5 Å². The molecule has 3 heterocycles. The maximum Gasteiger partial charge on any atom is 0.459 e. The zero-order valence-electron chi connectivity index (χ0n) is 22.5. The number of ether oxygens (including phenoxy) is 2. The number of fused-ring (bicyclic) bond motifs is 2. The van der Waals surface area contributed by atoms with Crippen LogP contribution in [0.25, 0.3) is 11.2 Å². The highest BCUT2D eigenvalue weighted by Gasteiger charge is 2.85. The molecular weight excluding hydrogens is 548 g/mol. The molecule has 1 saturated heterocycles. The first-order valence-electron chi connectivity index (χ1n) is 12.5. The van der Waals surface area contributed by atoms with Crippen LogP contribution < -0.4 is 20.2 Å². The number of benzene rings is 1. The maximum atomic E-state index is 16.5. The van der Waals surface area contributed by atoms with E-state index in [4.69, 9.17) is 24.3 Å². The second-order valence-electron chi connectivity index (χ2n) is 9.96. The van der Waals surface area contributed by atoms with Crippen LogP contribution in [0.15, 0.2) is 36.7 Å². The number of esters is 1. The third-order valence-corrected chi connectivity index (χ3v) is 8.52. The number of rotatable bonds is 10. The smallest absolute Gasteiger partial charge is 0.459 e. The number of aliphatic hydroxyl groups is 1. The van der Waals surface area contributed by atoms with Crippen LogP contribution in [-0.4, -0.2) is 80.8 Å². The summed E-state index contributed by atoms with van der Waals surface area (Å²) in [5.41, 5.74) is 1.74. The summed E-state index contributed by atoms with van der Waals surface area (Å²) >= 11 is 0. The van der Waals surface area contributed by atoms with Gasteiger partial charge in [-0.15, -0.1) is 0 Å². The van der Waals surface area contributed by atoms with Gasteiger partial charge in [-0.3, -0.25) is 13.9 Å². The van der Waals surface area contributed by atoms with Crippen molar-refractivity contribution in [2.75, 3.05) is 31.3 Å². The van der Waals surface area contributed by atoms with E-state index < -0.39 is 49.5 Å². The predicted molar refractivity (Wildman–Crippen MR) is 141 cm³/mol. The Morgan fingerprint density at radius 1 is 1.35 bits per heavy atom. The van der Waals surface area contributed by atoms with Crippen molar-refractivity contribution >= 4 is 36.6 Å². The average molecular weight is 580 g/mol. The van der Waals surface area contributed by atoms with Crippen LogP contribution in [-0.2, 0) is 23.4 Å². The van der Waals surface area contributed by atoms with Gasteiger partial charge < -0.3 is 29.7 Å². The number of anilines is 2. The van der Waals surface area contributed by atoms with E-state index in [9.17, 15) is 14.5 Å². The Bertz CT molecular complexity index is 1470. The SMILES string of the molecule is CCOC(=O)[C@H](C)N[P@](=O)(Oc1ccccc1)OC1[C@H]2O[C@@H](n3cnc4c(N(C)C)nc(N)nc43)[C@](C)(F)[C@@]12O. The summed E-state index contributed by atoms with van der Waals surface area (Å²) in [5.74, 6) is -0.171. The van der Waals surface area contributed by atoms with Gasteiger partial charge in [0.2, 0.25) is 5.95 Å². The Morgan fingerprint density at radius 2 is 2.05 bits per heavy atom. The lowest BCUT2D eigenvalue weighted by Gasteiger charge is -2.31. The number of nitrogens with one attached hydrogen (secondary N) is 1. The highest BCUT2D eigenvalue weighted by Crippen LogP contribution is 2.66. The van der Waals surface area contributed by atoms with Gasteiger partial charge >= 0.3 is 13.7 Å². The first-order chi connectivity index (χ1) is 18.8. The first kappa shape index (κ1) is 28.2. The van der Waals surface area contributed by atoms with Crippen molar-refractivity contribution in [1.29, 1.82) is 0 Å². The molecule has 4 N–H and O–H groups in total. The molecule has 0 radical (unpaired) electrons. The number of alkyl halides is 1. The van der Waals surface area contributed by atoms with Crippen molar-refractivity contribution in [3.8, 4) is 5.75 Å². The Labute approximate surface area is 229 Å². The quantitative estimate of drug-likeness (QED) is 0.235. The number of aromatic nitrogens is 4.